The van der Waals surface area contributed by atoms with Crippen LogP contribution in [0.2, 0.25) is 0 Å². The number of carboxylic acids is 1. The predicted octanol–water partition coefficient (Wildman–Crippen LogP) is 3.55. The molecule has 0 fully saturated rings. The first kappa shape index (κ1) is 33.0. The van der Waals surface area contributed by atoms with Gasteiger partial charge in [-0.15, -0.1) is 0 Å². The summed E-state index contributed by atoms with van der Waals surface area (Å²) in [5, 5.41) is 16.7. The second kappa shape index (κ2) is 12.6. The van der Waals surface area contributed by atoms with Crippen LogP contribution in [-0.2, 0) is 33.4 Å². The van der Waals surface area contributed by atoms with Gasteiger partial charge in [-0.25, -0.2) is 4.79 Å². The van der Waals surface area contributed by atoms with Gasteiger partial charge in [0.2, 0.25) is 11.8 Å². The number of carbonyl (C=O) groups is 3. The molecule has 0 radical (unpaired) electrons. The van der Waals surface area contributed by atoms with Crippen molar-refractivity contribution in [1.82, 2.24) is 20.1 Å². The van der Waals surface area contributed by atoms with E-state index in [2.05, 4.69) is 16.7 Å². The third-order valence-corrected chi connectivity index (χ3v) is 7.89. The number of hydrogen-bond donors (Lipinski definition) is 4. The lowest BCUT2D eigenvalue weighted by Crippen LogP contribution is -2.61. The molecule has 2 amide bonds. The normalized spacial score (nSPS) is 15.2. The lowest BCUT2D eigenvalue weighted by atomic mass is 9.76. The molecule has 0 aliphatic rings. The average molecular weight is 556 g/mol. The maximum Gasteiger partial charge on any atom is 0.331 e. The molecule has 40 heavy (non-hydrogen) atoms. The summed E-state index contributed by atoms with van der Waals surface area (Å²) in [6, 6.07) is 4.18. The molecule has 0 unspecified atom stereocenters. The highest BCUT2D eigenvalue weighted by atomic mass is 16.4. The molecule has 0 bridgehead atoms. The Morgan fingerprint density at radius 1 is 1.12 bits per heavy atom. The summed E-state index contributed by atoms with van der Waals surface area (Å²) >= 11 is 0. The lowest BCUT2D eigenvalue weighted by Gasteiger charge is -2.39. The number of aliphatic carboxylic acids is 1. The number of amides is 2. The fourth-order valence-corrected chi connectivity index (χ4v) is 5.36. The van der Waals surface area contributed by atoms with Crippen molar-refractivity contribution >= 4 is 28.7 Å². The molecule has 1 heterocycles. The van der Waals surface area contributed by atoms with E-state index in [-0.39, 0.29) is 23.3 Å². The van der Waals surface area contributed by atoms with Crippen molar-refractivity contribution < 1.29 is 19.5 Å². The van der Waals surface area contributed by atoms with Crippen LogP contribution in [0.4, 0.5) is 0 Å². The number of carboxylic acid groups (broad SMARTS) is 1. The zero-order chi connectivity index (χ0) is 30.7. The molecule has 1 aromatic carbocycles. The Morgan fingerprint density at radius 3 is 2.20 bits per heavy atom. The maximum absolute atomic E-state index is 14.0. The first-order valence-corrected chi connectivity index (χ1v) is 13.8. The largest absolute Gasteiger partial charge is 0.478 e. The number of nitrogens with one attached hydrogen (secondary N) is 2. The van der Waals surface area contributed by atoms with E-state index in [9.17, 15) is 19.5 Å². The van der Waals surface area contributed by atoms with E-state index in [1.807, 2.05) is 78.4 Å². The van der Waals surface area contributed by atoms with Crippen LogP contribution in [0.5, 0.6) is 0 Å². The number of aromatic nitrogens is 1. The van der Waals surface area contributed by atoms with Gasteiger partial charge in [0.15, 0.2) is 0 Å². The van der Waals surface area contributed by atoms with Crippen molar-refractivity contribution in [3.8, 4) is 0 Å². The molecule has 2 rings (SSSR count). The molecule has 222 valence electrons. The summed E-state index contributed by atoms with van der Waals surface area (Å²) in [6.45, 7) is 15.6. The monoisotopic (exact) mass is 555 g/mol. The van der Waals surface area contributed by atoms with Gasteiger partial charge in [0.1, 0.15) is 6.04 Å². The van der Waals surface area contributed by atoms with Crippen LogP contribution in [0, 0.1) is 11.3 Å². The Labute approximate surface area is 239 Å². The Kier molecular flexibility index (Phi) is 10.4. The van der Waals surface area contributed by atoms with Gasteiger partial charge in [0.25, 0.3) is 0 Å². The lowest BCUT2D eigenvalue weighted by molar-refractivity contribution is -0.141. The Bertz CT molecular complexity index is 1270. The van der Waals surface area contributed by atoms with Gasteiger partial charge in [-0.2, -0.15) is 0 Å². The topological polar surface area (TPSA) is 130 Å². The molecule has 3 atom stereocenters. The molecule has 1 aromatic heterocycles. The van der Waals surface area contributed by atoms with Crippen LogP contribution in [-0.4, -0.2) is 64.6 Å². The zero-order valence-corrected chi connectivity index (χ0v) is 26.0. The standard InChI is InChI=1S/C31H49N5O4/c1-18(2)24(14-19(3)29(39)40)36(11)28(38)26(30(4,5)6)34-27(37)25(33-9)31(7,8)22-17-35(10)23-13-12-20(16-32)15-21(22)23/h12-15,17-18,24-26,33H,16,32H2,1-11H3,(H,34,37)(H,39,40)/b19-14+/t24-,25+,26-/m1/s1. The zero-order valence-electron chi connectivity index (χ0n) is 26.0. The summed E-state index contributed by atoms with van der Waals surface area (Å²) in [4.78, 5) is 40.9. The summed E-state index contributed by atoms with van der Waals surface area (Å²) in [6.07, 6.45) is 3.65. The van der Waals surface area contributed by atoms with Crippen LogP contribution in [0.1, 0.15) is 66.5 Å². The quantitative estimate of drug-likeness (QED) is 0.314. The van der Waals surface area contributed by atoms with E-state index in [0.717, 1.165) is 22.0 Å². The number of carbonyl (C=O) groups excluding carboxylic acids is 2. The number of nitrogens with two attached hydrogens (primary N) is 1. The minimum atomic E-state index is -1.03. The van der Waals surface area contributed by atoms with Gasteiger partial charge in [0.05, 0.1) is 12.1 Å². The molecule has 9 heteroatoms. The molecular formula is C31H49N5O4. The van der Waals surface area contributed by atoms with Gasteiger partial charge in [-0.1, -0.05) is 60.6 Å². The highest BCUT2D eigenvalue weighted by Gasteiger charge is 2.42. The molecule has 2 aromatic rings. The minimum Gasteiger partial charge on any atom is -0.478 e. The van der Waals surface area contributed by atoms with Crippen LogP contribution in [0.15, 0.2) is 36.0 Å². The van der Waals surface area contributed by atoms with Gasteiger partial charge in [0, 0.05) is 48.7 Å². The van der Waals surface area contributed by atoms with Crippen molar-refractivity contribution in [3.05, 3.63) is 47.2 Å². The SMILES string of the molecule is CN[C@@H](C(=O)N[C@H](C(=O)N(C)[C@H](/C=C(\C)C(=O)O)C(C)C)C(C)(C)C)C(C)(C)c1cn(C)c2ccc(CN)cc12. The fourth-order valence-electron chi connectivity index (χ4n) is 5.36. The number of nitrogens with zero attached hydrogens (tertiary/aromatic N) is 2. The van der Waals surface area contributed by atoms with Crippen molar-refractivity contribution in [1.29, 1.82) is 0 Å². The van der Waals surface area contributed by atoms with Crippen LogP contribution in [0.25, 0.3) is 10.9 Å². The van der Waals surface area contributed by atoms with E-state index in [1.54, 1.807) is 25.1 Å². The molecule has 0 aliphatic heterocycles. The van der Waals surface area contributed by atoms with E-state index in [4.69, 9.17) is 5.73 Å². The van der Waals surface area contributed by atoms with Gasteiger partial charge >= 0.3 is 5.97 Å². The minimum absolute atomic E-state index is 0.0340. The first-order valence-electron chi connectivity index (χ1n) is 13.8. The van der Waals surface area contributed by atoms with Crippen molar-refractivity contribution in [2.75, 3.05) is 14.1 Å². The number of fused-ring (bicyclic) bond motifs is 1. The van der Waals surface area contributed by atoms with Crippen LogP contribution < -0.4 is 16.4 Å². The first-order chi connectivity index (χ1) is 18.4. The molecular weight excluding hydrogens is 506 g/mol. The second-order valence-corrected chi connectivity index (χ2v) is 12.8. The van der Waals surface area contributed by atoms with Gasteiger partial charge < -0.3 is 30.9 Å². The fraction of sp³-hybridized carbons (Fsp3) is 0.581. The highest BCUT2D eigenvalue weighted by molar-refractivity contribution is 5.93. The third kappa shape index (κ3) is 6.93. The highest BCUT2D eigenvalue weighted by Crippen LogP contribution is 2.35. The van der Waals surface area contributed by atoms with Gasteiger partial charge in [-0.05, 0) is 48.6 Å². The number of likely N-dealkylation sites (N-methyl/N-ethyl adjacent to an activating group) is 2. The number of rotatable bonds is 11. The smallest absolute Gasteiger partial charge is 0.331 e. The number of aryl methyl sites for hydroxylation is 1. The van der Waals surface area contributed by atoms with E-state index >= 15 is 0 Å². The Balaban J connectivity index is 2.47. The summed E-state index contributed by atoms with van der Waals surface area (Å²) in [5.74, 6) is -1.63. The van der Waals surface area contributed by atoms with Crippen molar-refractivity contribution in [2.45, 2.75) is 85.5 Å². The van der Waals surface area contributed by atoms with Crippen molar-refractivity contribution in [2.24, 2.45) is 24.1 Å². The molecule has 0 aliphatic carbocycles. The predicted molar refractivity (Wildman–Crippen MR) is 161 cm³/mol. The maximum atomic E-state index is 14.0. The van der Waals surface area contributed by atoms with Crippen LogP contribution >= 0.6 is 0 Å². The molecule has 0 spiro atoms. The van der Waals surface area contributed by atoms with E-state index < -0.39 is 34.9 Å². The second-order valence-electron chi connectivity index (χ2n) is 12.8. The van der Waals surface area contributed by atoms with E-state index in [1.165, 1.54) is 6.92 Å². The number of hydrogen-bond acceptors (Lipinski definition) is 5. The molecule has 5 N–H and O–H groups in total. The Morgan fingerprint density at radius 2 is 1.73 bits per heavy atom. The van der Waals surface area contributed by atoms with E-state index in [0.29, 0.717) is 6.54 Å². The Hall–Kier alpha value is -3.17. The average Bonchev–Trinajstić information content (AvgIpc) is 3.20. The summed E-state index contributed by atoms with van der Waals surface area (Å²) < 4.78 is 2.05. The van der Waals surface area contributed by atoms with Crippen molar-refractivity contribution in [3.63, 3.8) is 0 Å². The summed E-state index contributed by atoms with van der Waals surface area (Å²) in [5.41, 5.74) is 7.89. The van der Waals surface area contributed by atoms with Gasteiger partial charge in [-0.3, -0.25) is 9.59 Å². The molecule has 0 saturated carbocycles. The molecule has 0 saturated heterocycles. The summed E-state index contributed by atoms with van der Waals surface area (Å²) in [7, 11) is 5.39. The molecule has 9 nitrogen and oxygen atoms in total. The third-order valence-electron chi connectivity index (χ3n) is 7.89. The van der Waals surface area contributed by atoms with Crippen LogP contribution in [0.3, 0.4) is 0 Å². The number of benzene rings is 1.